The number of rotatable bonds is 4. The molecule has 12 heavy (non-hydrogen) atoms. The highest BCUT2D eigenvalue weighted by Gasteiger charge is 2.10. The SMILES string of the molecule is CCOC(=N)CC(=O)OC(C)F. The van der Waals surface area contributed by atoms with Crippen molar-refractivity contribution in [2.24, 2.45) is 0 Å². The third-order valence-corrected chi connectivity index (χ3v) is 0.917. The summed E-state index contributed by atoms with van der Waals surface area (Å²) in [6, 6.07) is 0. The number of nitrogens with one attached hydrogen (secondary N) is 1. The molecule has 0 aliphatic heterocycles. The van der Waals surface area contributed by atoms with Crippen molar-refractivity contribution in [3.05, 3.63) is 0 Å². The summed E-state index contributed by atoms with van der Waals surface area (Å²) in [5.74, 6) is -0.994. The van der Waals surface area contributed by atoms with Crippen molar-refractivity contribution in [1.29, 1.82) is 5.41 Å². The summed E-state index contributed by atoms with van der Waals surface area (Å²) in [5, 5.41) is 7.02. The zero-order chi connectivity index (χ0) is 9.56. The molecular formula is C7H12FNO3. The lowest BCUT2D eigenvalue weighted by Gasteiger charge is -2.05. The molecule has 0 fully saturated rings. The van der Waals surface area contributed by atoms with Gasteiger partial charge in [0.25, 0.3) is 0 Å². The molecule has 0 aromatic heterocycles. The Labute approximate surface area is 70.2 Å². The Balaban J connectivity index is 3.62. The largest absolute Gasteiger partial charge is 0.481 e. The van der Waals surface area contributed by atoms with Crippen LogP contribution in [-0.2, 0) is 14.3 Å². The Hall–Kier alpha value is -1.13. The molecule has 0 saturated heterocycles. The molecule has 0 aliphatic rings. The van der Waals surface area contributed by atoms with Crippen LogP contribution >= 0.6 is 0 Å². The second-order valence-corrected chi connectivity index (χ2v) is 2.07. The quantitative estimate of drug-likeness (QED) is 0.399. The Morgan fingerprint density at radius 1 is 1.67 bits per heavy atom. The molecule has 0 aromatic rings. The molecule has 0 aliphatic carbocycles. The summed E-state index contributed by atoms with van der Waals surface area (Å²) in [6.07, 6.45) is -1.95. The predicted octanol–water partition coefficient (Wildman–Crippen LogP) is 1.25. The van der Waals surface area contributed by atoms with Gasteiger partial charge in [0.05, 0.1) is 6.61 Å². The zero-order valence-corrected chi connectivity index (χ0v) is 7.09. The fourth-order valence-corrected chi connectivity index (χ4v) is 0.579. The fourth-order valence-electron chi connectivity index (χ4n) is 0.579. The van der Waals surface area contributed by atoms with Crippen LogP contribution in [0.15, 0.2) is 0 Å². The van der Waals surface area contributed by atoms with Crippen LogP contribution in [0.5, 0.6) is 0 Å². The van der Waals surface area contributed by atoms with E-state index < -0.39 is 12.3 Å². The minimum atomic E-state index is -1.63. The lowest BCUT2D eigenvalue weighted by molar-refractivity contribution is -0.154. The van der Waals surface area contributed by atoms with Gasteiger partial charge in [-0.3, -0.25) is 10.2 Å². The van der Waals surface area contributed by atoms with E-state index in [-0.39, 0.29) is 12.3 Å². The summed E-state index contributed by atoms with van der Waals surface area (Å²) in [4.78, 5) is 10.7. The summed E-state index contributed by atoms with van der Waals surface area (Å²) in [5.41, 5.74) is 0. The molecule has 1 unspecified atom stereocenters. The van der Waals surface area contributed by atoms with Crippen LogP contribution in [0.3, 0.4) is 0 Å². The second kappa shape index (κ2) is 5.51. The van der Waals surface area contributed by atoms with Gasteiger partial charge in [-0.25, -0.2) is 4.39 Å². The third-order valence-electron chi connectivity index (χ3n) is 0.917. The highest BCUT2D eigenvalue weighted by molar-refractivity contribution is 5.92. The molecule has 0 amide bonds. The Kier molecular flexibility index (Phi) is 4.99. The van der Waals surface area contributed by atoms with E-state index in [9.17, 15) is 9.18 Å². The molecular weight excluding hydrogens is 165 g/mol. The minimum Gasteiger partial charge on any atom is -0.481 e. The number of halogens is 1. The van der Waals surface area contributed by atoms with E-state index >= 15 is 0 Å². The molecule has 1 N–H and O–H groups in total. The van der Waals surface area contributed by atoms with Gasteiger partial charge in [0, 0.05) is 6.92 Å². The van der Waals surface area contributed by atoms with Gasteiger partial charge in [-0.2, -0.15) is 0 Å². The monoisotopic (exact) mass is 177 g/mol. The van der Waals surface area contributed by atoms with Crippen LogP contribution in [0, 0.1) is 5.41 Å². The number of ether oxygens (including phenoxy) is 2. The number of alkyl halides is 1. The highest BCUT2D eigenvalue weighted by atomic mass is 19.1. The van der Waals surface area contributed by atoms with E-state index in [4.69, 9.17) is 5.41 Å². The molecule has 0 spiro atoms. The minimum absolute atomic E-state index is 0.205. The van der Waals surface area contributed by atoms with Crippen molar-refractivity contribution in [3.63, 3.8) is 0 Å². The maximum atomic E-state index is 12.0. The molecule has 1 atom stereocenters. The van der Waals surface area contributed by atoms with Gasteiger partial charge >= 0.3 is 5.97 Å². The highest BCUT2D eigenvalue weighted by Crippen LogP contribution is 1.96. The van der Waals surface area contributed by atoms with Gasteiger partial charge in [-0.1, -0.05) is 0 Å². The van der Waals surface area contributed by atoms with Gasteiger partial charge in [0.15, 0.2) is 5.90 Å². The summed E-state index contributed by atoms with van der Waals surface area (Å²) in [6.45, 7) is 3.11. The van der Waals surface area contributed by atoms with Crippen LogP contribution in [0.1, 0.15) is 20.3 Å². The van der Waals surface area contributed by atoms with Crippen LogP contribution in [0.25, 0.3) is 0 Å². The molecule has 0 radical (unpaired) electrons. The molecule has 0 saturated carbocycles. The normalized spacial score (nSPS) is 11.9. The van der Waals surface area contributed by atoms with Crippen molar-refractivity contribution >= 4 is 11.9 Å². The molecule has 5 heteroatoms. The first-order valence-electron chi connectivity index (χ1n) is 3.60. The average molecular weight is 177 g/mol. The molecule has 0 bridgehead atoms. The lowest BCUT2D eigenvalue weighted by atomic mass is 10.4. The van der Waals surface area contributed by atoms with E-state index in [1.807, 2.05) is 0 Å². The Morgan fingerprint density at radius 2 is 2.25 bits per heavy atom. The molecule has 0 heterocycles. The third kappa shape index (κ3) is 5.64. The lowest BCUT2D eigenvalue weighted by Crippen LogP contribution is -2.16. The molecule has 0 aromatic carbocycles. The van der Waals surface area contributed by atoms with Gasteiger partial charge in [-0.15, -0.1) is 0 Å². The topological polar surface area (TPSA) is 59.4 Å². The first-order valence-corrected chi connectivity index (χ1v) is 3.60. The standard InChI is InChI=1S/C7H12FNO3/c1-3-11-6(9)4-7(10)12-5(2)8/h5,9H,3-4H2,1-2H3. The van der Waals surface area contributed by atoms with Gasteiger partial charge < -0.3 is 9.47 Å². The van der Waals surface area contributed by atoms with Crippen molar-refractivity contribution in [3.8, 4) is 0 Å². The average Bonchev–Trinajstić information content (AvgIpc) is 1.84. The maximum absolute atomic E-state index is 12.0. The second-order valence-electron chi connectivity index (χ2n) is 2.07. The first-order chi connectivity index (χ1) is 5.56. The molecule has 70 valence electrons. The van der Waals surface area contributed by atoms with Crippen molar-refractivity contribution in [2.45, 2.75) is 26.6 Å². The Bertz CT molecular complexity index is 170. The number of hydrogen-bond donors (Lipinski definition) is 1. The number of hydrogen-bond acceptors (Lipinski definition) is 4. The van der Waals surface area contributed by atoms with Crippen molar-refractivity contribution in [2.75, 3.05) is 6.61 Å². The maximum Gasteiger partial charge on any atom is 0.317 e. The summed E-state index contributed by atoms with van der Waals surface area (Å²) < 4.78 is 20.8. The number of carbonyl (C=O) groups is 1. The van der Waals surface area contributed by atoms with E-state index in [0.29, 0.717) is 6.61 Å². The van der Waals surface area contributed by atoms with E-state index in [1.165, 1.54) is 0 Å². The van der Waals surface area contributed by atoms with Crippen LogP contribution < -0.4 is 0 Å². The molecule has 0 rings (SSSR count). The van der Waals surface area contributed by atoms with E-state index in [1.54, 1.807) is 6.92 Å². The predicted molar refractivity (Wildman–Crippen MR) is 40.6 cm³/mol. The van der Waals surface area contributed by atoms with Crippen molar-refractivity contribution < 1.29 is 18.7 Å². The smallest absolute Gasteiger partial charge is 0.317 e. The molecule has 4 nitrogen and oxygen atoms in total. The van der Waals surface area contributed by atoms with Crippen LogP contribution in [-0.4, -0.2) is 24.8 Å². The fraction of sp³-hybridized carbons (Fsp3) is 0.714. The number of esters is 1. The Morgan fingerprint density at radius 3 is 2.67 bits per heavy atom. The first kappa shape index (κ1) is 10.9. The van der Waals surface area contributed by atoms with Crippen LogP contribution in [0.2, 0.25) is 0 Å². The van der Waals surface area contributed by atoms with Gasteiger partial charge in [-0.05, 0) is 6.92 Å². The van der Waals surface area contributed by atoms with Crippen molar-refractivity contribution in [1.82, 2.24) is 0 Å². The van der Waals surface area contributed by atoms with Gasteiger partial charge in [0.1, 0.15) is 6.42 Å². The summed E-state index contributed by atoms with van der Waals surface area (Å²) in [7, 11) is 0. The van der Waals surface area contributed by atoms with E-state index in [0.717, 1.165) is 6.92 Å². The van der Waals surface area contributed by atoms with E-state index in [2.05, 4.69) is 9.47 Å². The summed E-state index contributed by atoms with van der Waals surface area (Å²) >= 11 is 0. The number of carbonyl (C=O) groups excluding carboxylic acids is 1. The van der Waals surface area contributed by atoms with Crippen LogP contribution in [0.4, 0.5) is 4.39 Å². The zero-order valence-electron chi connectivity index (χ0n) is 7.09. The van der Waals surface area contributed by atoms with Gasteiger partial charge in [0.2, 0.25) is 6.36 Å².